The van der Waals surface area contributed by atoms with Crippen molar-refractivity contribution in [3.8, 4) is 0 Å². The van der Waals surface area contributed by atoms with Crippen molar-refractivity contribution in [1.82, 2.24) is 24.5 Å². The van der Waals surface area contributed by atoms with Crippen LogP contribution in [0, 0.1) is 0 Å². The van der Waals surface area contributed by atoms with Gasteiger partial charge in [-0.15, -0.1) is 10.2 Å². The molecule has 2 aromatic heterocycles. The molecule has 1 aliphatic carbocycles. The molecule has 1 aromatic carbocycles. The Morgan fingerprint density at radius 2 is 2.00 bits per heavy atom. The molecule has 0 radical (unpaired) electrons. The smallest absolute Gasteiger partial charge is 0.207 e. The summed E-state index contributed by atoms with van der Waals surface area (Å²) < 4.78 is 28.6. The second kappa shape index (κ2) is 5.11. The van der Waals surface area contributed by atoms with Crippen LogP contribution in [-0.2, 0) is 16.6 Å². The Morgan fingerprint density at radius 1 is 1.23 bits per heavy atom. The number of benzene rings is 1. The number of fused-ring (bicyclic) bond motifs is 1. The number of sulfonamides is 1. The van der Waals surface area contributed by atoms with Gasteiger partial charge in [-0.2, -0.15) is 9.61 Å². The average Bonchev–Trinajstić information content (AvgIpc) is 3.16. The molecular weight excluding hydrogens is 322 g/mol. The fourth-order valence-electron chi connectivity index (χ4n) is 2.18. The van der Waals surface area contributed by atoms with Gasteiger partial charge in [0, 0.05) is 5.92 Å². The van der Waals surface area contributed by atoms with Gasteiger partial charge < -0.3 is 0 Å². The van der Waals surface area contributed by atoms with E-state index in [2.05, 4.69) is 20.0 Å². The monoisotopic (exact) mass is 335 g/mol. The van der Waals surface area contributed by atoms with Gasteiger partial charge in [-0.3, -0.25) is 0 Å². The first-order valence-electron chi connectivity index (χ1n) is 6.89. The average molecular weight is 335 g/mol. The van der Waals surface area contributed by atoms with Gasteiger partial charge in [-0.25, -0.2) is 13.1 Å². The van der Waals surface area contributed by atoms with E-state index in [0.29, 0.717) is 15.9 Å². The van der Waals surface area contributed by atoms with E-state index in [1.165, 1.54) is 11.3 Å². The van der Waals surface area contributed by atoms with Crippen LogP contribution in [0.25, 0.3) is 4.96 Å². The summed E-state index contributed by atoms with van der Waals surface area (Å²) in [6.07, 6.45) is 2.24. The predicted molar refractivity (Wildman–Crippen MR) is 81.1 cm³/mol. The lowest BCUT2D eigenvalue weighted by Crippen LogP contribution is -2.23. The van der Waals surface area contributed by atoms with Crippen molar-refractivity contribution in [1.29, 1.82) is 0 Å². The van der Waals surface area contributed by atoms with Crippen molar-refractivity contribution in [2.75, 3.05) is 0 Å². The van der Waals surface area contributed by atoms with Gasteiger partial charge in [0.15, 0.2) is 5.82 Å². The molecule has 1 aliphatic rings. The van der Waals surface area contributed by atoms with Crippen molar-refractivity contribution in [3.63, 3.8) is 0 Å². The van der Waals surface area contributed by atoms with Crippen LogP contribution in [0.3, 0.4) is 0 Å². The molecular formula is C13H13N5O2S2. The van der Waals surface area contributed by atoms with Gasteiger partial charge in [0.25, 0.3) is 0 Å². The quantitative estimate of drug-likeness (QED) is 0.764. The minimum absolute atomic E-state index is 0.148. The minimum Gasteiger partial charge on any atom is -0.207 e. The standard InChI is InChI=1S/C13H13N5O2S2/c19-22(20,10-4-2-1-3-5-10)14-8-11-17-18-12(9-6-7-9)15-16-13(18)21-11/h1-5,9,14H,6-8H2. The summed E-state index contributed by atoms with van der Waals surface area (Å²) in [5.41, 5.74) is 0. The maximum Gasteiger partial charge on any atom is 0.240 e. The Hall–Kier alpha value is -1.84. The molecule has 3 aromatic rings. The van der Waals surface area contributed by atoms with Crippen LogP contribution in [0.1, 0.15) is 29.6 Å². The molecule has 1 saturated carbocycles. The molecule has 0 atom stereocenters. The van der Waals surface area contributed by atoms with Crippen molar-refractivity contribution < 1.29 is 8.42 Å². The SMILES string of the molecule is O=S(=O)(NCc1nn2c(C3CC3)nnc2s1)c1ccccc1. The molecule has 0 bridgehead atoms. The Labute approximate surface area is 131 Å². The fourth-order valence-corrected chi connectivity index (χ4v) is 4.06. The highest BCUT2D eigenvalue weighted by atomic mass is 32.2. The maximum absolute atomic E-state index is 12.2. The fraction of sp³-hybridized carbons (Fsp3) is 0.308. The molecule has 9 heteroatoms. The number of aromatic nitrogens is 4. The van der Waals surface area contributed by atoms with Gasteiger partial charge in [0.2, 0.25) is 15.0 Å². The van der Waals surface area contributed by atoms with Crippen molar-refractivity contribution in [2.45, 2.75) is 30.2 Å². The Balaban J connectivity index is 1.54. The Bertz CT molecular complexity index is 912. The number of rotatable bonds is 5. The molecule has 7 nitrogen and oxygen atoms in total. The Morgan fingerprint density at radius 3 is 2.73 bits per heavy atom. The third-order valence-corrected chi connectivity index (χ3v) is 5.78. The highest BCUT2D eigenvalue weighted by Gasteiger charge is 2.30. The first-order valence-corrected chi connectivity index (χ1v) is 9.19. The normalized spacial score (nSPS) is 15.5. The van der Waals surface area contributed by atoms with E-state index in [0.717, 1.165) is 18.7 Å². The molecule has 0 aliphatic heterocycles. The van der Waals surface area contributed by atoms with Crippen LogP contribution >= 0.6 is 11.3 Å². The van der Waals surface area contributed by atoms with Gasteiger partial charge in [0.05, 0.1) is 11.4 Å². The molecule has 0 unspecified atom stereocenters. The van der Waals surface area contributed by atoms with Crippen LogP contribution in [0.15, 0.2) is 35.2 Å². The molecule has 2 heterocycles. The summed E-state index contributed by atoms with van der Waals surface area (Å²) >= 11 is 1.35. The zero-order chi connectivity index (χ0) is 15.2. The number of nitrogens with zero attached hydrogens (tertiary/aromatic N) is 4. The molecule has 0 spiro atoms. The van der Waals surface area contributed by atoms with E-state index in [9.17, 15) is 8.42 Å². The number of hydrogen-bond acceptors (Lipinski definition) is 6. The summed E-state index contributed by atoms with van der Waals surface area (Å²) in [4.78, 5) is 0.951. The van der Waals surface area contributed by atoms with Gasteiger partial charge in [0.1, 0.15) is 5.01 Å². The molecule has 1 fully saturated rings. The molecule has 0 saturated heterocycles. The lowest BCUT2D eigenvalue weighted by atomic mass is 10.4. The predicted octanol–water partition coefficient (Wildman–Crippen LogP) is 1.54. The first kappa shape index (κ1) is 13.8. The van der Waals surface area contributed by atoms with Gasteiger partial charge in [-0.05, 0) is 25.0 Å². The largest absolute Gasteiger partial charge is 0.240 e. The zero-order valence-corrected chi connectivity index (χ0v) is 13.1. The van der Waals surface area contributed by atoms with E-state index in [4.69, 9.17) is 0 Å². The van der Waals surface area contributed by atoms with E-state index < -0.39 is 10.0 Å². The zero-order valence-electron chi connectivity index (χ0n) is 11.5. The van der Waals surface area contributed by atoms with Crippen LogP contribution < -0.4 is 4.72 Å². The summed E-state index contributed by atoms with van der Waals surface area (Å²) in [5, 5.41) is 13.3. The van der Waals surface area contributed by atoms with Crippen molar-refractivity contribution in [2.24, 2.45) is 0 Å². The first-order chi connectivity index (χ1) is 10.6. The number of nitrogens with one attached hydrogen (secondary N) is 1. The third kappa shape index (κ3) is 2.51. The van der Waals surface area contributed by atoms with Crippen LogP contribution in [0.2, 0.25) is 0 Å². The highest BCUT2D eigenvalue weighted by molar-refractivity contribution is 7.89. The summed E-state index contributed by atoms with van der Waals surface area (Å²) in [6, 6.07) is 8.29. The second-order valence-corrected chi connectivity index (χ2v) is 7.97. The van der Waals surface area contributed by atoms with Gasteiger partial charge in [-0.1, -0.05) is 29.5 Å². The lowest BCUT2D eigenvalue weighted by molar-refractivity contribution is 0.580. The van der Waals surface area contributed by atoms with Crippen molar-refractivity contribution >= 4 is 26.3 Å². The lowest BCUT2D eigenvalue weighted by Gasteiger charge is -2.04. The van der Waals surface area contributed by atoms with E-state index in [-0.39, 0.29) is 11.4 Å². The third-order valence-electron chi connectivity index (χ3n) is 3.47. The minimum atomic E-state index is -3.52. The maximum atomic E-state index is 12.2. The van der Waals surface area contributed by atoms with E-state index in [1.54, 1.807) is 34.8 Å². The molecule has 4 rings (SSSR count). The molecule has 114 valence electrons. The second-order valence-electron chi connectivity index (χ2n) is 5.16. The highest BCUT2D eigenvalue weighted by Crippen LogP contribution is 2.39. The van der Waals surface area contributed by atoms with E-state index >= 15 is 0 Å². The van der Waals surface area contributed by atoms with Crippen LogP contribution in [-0.4, -0.2) is 28.2 Å². The summed E-state index contributed by atoms with van der Waals surface area (Å²) in [7, 11) is -3.52. The summed E-state index contributed by atoms with van der Waals surface area (Å²) in [5.74, 6) is 1.33. The summed E-state index contributed by atoms with van der Waals surface area (Å²) in [6.45, 7) is 0.148. The van der Waals surface area contributed by atoms with E-state index in [1.807, 2.05) is 0 Å². The van der Waals surface area contributed by atoms with Crippen molar-refractivity contribution in [3.05, 3.63) is 41.2 Å². The molecule has 0 amide bonds. The van der Waals surface area contributed by atoms with Gasteiger partial charge >= 0.3 is 0 Å². The van der Waals surface area contributed by atoms with Crippen LogP contribution in [0.5, 0.6) is 0 Å². The Kier molecular flexibility index (Phi) is 3.21. The molecule has 22 heavy (non-hydrogen) atoms. The van der Waals surface area contributed by atoms with Crippen LogP contribution in [0.4, 0.5) is 0 Å². The molecule has 1 N–H and O–H groups in total. The number of hydrogen-bond donors (Lipinski definition) is 1. The topological polar surface area (TPSA) is 89.2 Å².